The summed E-state index contributed by atoms with van der Waals surface area (Å²) in [6.45, 7) is 0.709. The Morgan fingerprint density at radius 2 is 1.27 bits per heavy atom. The summed E-state index contributed by atoms with van der Waals surface area (Å²) in [6, 6.07) is 19.9. The van der Waals surface area contributed by atoms with Crippen molar-refractivity contribution in [3.05, 3.63) is 71.9 Å². The Morgan fingerprint density at radius 1 is 0.682 bits per heavy atom. The van der Waals surface area contributed by atoms with Crippen molar-refractivity contribution in [2.75, 3.05) is 0 Å². The van der Waals surface area contributed by atoms with E-state index in [0.29, 0.717) is 18.9 Å². The summed E-state index contributed by atoms with van der Waals surface area (Å²) in [7, 11) is 0. The van der Waals surface area contributed by atoms with Gasteiger partial charge in [-0.15, -0.1) is 0 Å². The van der Waals surface area contributed by atoms with Gasteiger partial charge in [-0.3, -0.25) is 0 Å². The Hall–Kier alpha value is -2.56. The van der Waals surface area contributed by atoms with E-state index in [-0.39, 0.29) is 0 Å². The standard InChI is InChI=1S/C18H18N4/c19-11-15-16(12-20)21-18(14-9-5-2-6-10-14)22-17(15)13-7-3-1-4-8-13/h1-10H,11-12,19-20H2. The molecule has 0 saturated carbocycles. The van der Waals surface area contributed by atoms with E-state index < -0.39 is 0 Å². The van der Waals surface area contributed by atoms with Gasteiger partial charge in [0.2, 0.25) is 0 Å². The van der Waals surface area contributed by atoms with Crippen LogP contribution in [-0.2, 0) is 13.1 Å². The summed E-state index contributed by atoms with van der Waals surface area (Å²) in [5, 5.41) is 0. The lowest BCUT2D eigenvalue weighted by molar-refractivity contribution is 0.903. The fourth-order valence-corrected chi connectivity index (χ4v) is 2.46. The van der Waals surface area contributed by atoms with Crippen LogP contribution in [0.5, 0.6) is 0 Å². The Morgan fingerprint density at radius 3 is 1.82 bits per heavy atom. The summed E-state index contributed by atoms with van der Waals surface area (Å²) < 4.78 is 0. The Balaban J connectivity index is 2.23. The first-order chi connectivity index (χ1) is 10.8. The number of nitrogens with two attached hydrogens (primary N) is 2. The molecule has 110 valence electrons. The van der Waals surface area contributed by atoms with E-state index in [2.05, 4.69) is 4.98 Å². The molecule has 0 unspecified atom stereocenters. The Bertz CT molecular complexity index is 755. The van der Waals surface area contributed by atoms with Crippen LogP contribution in [0.2, 0.25) is 0 Å². The van der Waals surface area contributed by atoms with Crippen molar-refractivity contribution in [3.63, 3.8) is 0 Å². The molecule has 0 amide bonds. The lowest BCUT2D eigenvalue weighted by Crippen LogP contribution is -2.12. The molecule has 0 spiro atoms. The van der Waals surface area contributed by atoms with Crippen LogP contribution in [0.15, 0.2) is 60.7 Å². The maximum atomic E-state index is 5.92. The second kappa shape index (κ2) is 6.47. The molecular formula is C18H18N4. The van der Waals surface area contributed by atoms with Gasteiger partial charge in [0.15, 0.2) is 5.82 Å². The predicted octanol–water partition coefficient (Wildman–Crippen LogP) is 2.73. The summed E-state index contributed by atoms with van der Waals surface area (Å²) in [4.78, 5) is 9.35. The molecule has 4 N–H and O–H groups in total. The Labute approximate surface area is 129 Å². The lowest BCUT2D eigenvalue weighted by Gasteiger charge is -2.13. The molecule has 1 heterocycles. The van der Waals surface area contributed by atoms with Crippen LogP contribution in [-0.4, -0.2) is 9.97 Å². The SMILES string of the molecule is NCc1nc(-c2ccccc2)nc(-c2ccccc2)c1CN. The molecule has 0 aliphatic heterocycles. The van der Waals surface area contributed by atoms with Gasteiger partial charge < -0.3 is 11.5 Å². The number of hydrogen-bond donors (Lipinski definition) is 2. The molecule has 22 heavy (non-hydrogen) atoms. The minimum absolute atomic E-state index is 0.342. The van der Waals surface area contributed by atoms with Gasteiger partial charge in [0, 0.05) is 29.8 Å². The zero-order valence-corrected chi connectivity index (χ0v) is 12.2. The van der Waals surface area contributed by atoms with Crippen LogP contribution in [0.4, 0.5) is 0 Å². The van der Waals surface area contributed by atoms with Crippen molar-refractivity contribution in [1.29, 1.82) is 0 Å². The van der Waals surface area contributed by atoms with Crippen molar-refractivity contribution in [3.8, 4) is 22.6 Å². The van der Waals surface area contributed by atoms with E-state index in [1.165, 1.54) is 0 Å². The van der Waals surface area contributed by atoms with Crippen LogP contribution in [0.3, 0.4) is 0 Å². The first kappa shape index (κ1) is 14.4. The fraction of sp³-hybridized carbons (Fsp3) is 0.111. The third-order valence-electron chi connectivity index (χ3n) is 3.57. The molecule has 0 fully saturated rings. The second-order valence-electron chi connectivity index (χ2n) is 4.96. The molecule has 3 aromatic rings. The highest BCUT2D eigenvalue weighted by Crippen LogP contribution is 2.26. The fourth-order valence-electron chi connectivity index (χ4n) is 2.46. The van der Waals surface area contributed by atoms with Gasteiger partial charge in [-0.05, 0) is 0 Å². The van der Waals surface area contributed by atoms with E-state index >= 15 is 0 Å². The number of rotatable bonds is 4. The zero-order valence-electron chi connectivity index (χ0n) is 12.2. The van der Waals surface area contributed by atoms with Crippen LogP contribution in [0.25, 0.3) is 22.6 Å². The predicted molar refractivity (Wildman–Crippen MR) is 88.7 cm³/mol. The molecular weight excluding hydrogens is 272 g/mol. The van der Waals surface area contributed by atoms with Gasteiger partial charge >= 0.3 is 0 Å². The van der Waals surface area contributed by atoms with Crippen molar-refractivity contribution in [2.24, 2.45) is 11.5 Å². The first-order valence-corrected chi connectivity index (χ1v) is 7.24. The molecule has 0 aliphatic rings. The lowest BCUT2D eigenvalue weighted by atomic mass is 10.0. The molecule has 0 saturated heterocycles. The Kier molecular flexibility index (Phi) is 4.23. The van der Waals surface area contributed by atoms with Gasteiger partial charge in [0.05, 0.1) is 11.4 Å². The van der Waals surface area contributed by atoms with Crippen molar-refractivity contribution in [2.45, 2.75) is 13.1 Å². The van der Waals surface area contributed by atoms with Gasteiger partial charge in [-0.2, -0.15) is 0 Å². The van der Waals surface area contributed by atoms with Crippen LogP contribution >= 0.6 is 0 Å². The molecule has 0 atom stereocenters. The number of nitrogens with zero attached hydrogens (tertiary/aromatic N) is 2. The summed E-state index contributed by atoms with van der Waals surface area (Å²) in [6.07, 6.45) is 0. The first-order valence-electron chi connectivity index (χ1n) is 7.24. The average Bonchev–Trinajstić information content (AvgIpc) is 2.62. The quantitative estimate of drug-likeness (QED) is 0.774. The minimum Gasteiger partial charge on any atom is -0.326 e. The monoisotopic (exact) mass is 290 g/mol. The van der Waals surface area contributed by atoms with E-state index in [1.54, 1.807) is 0 Å². The molecule has 1 aromatic heterocycles. The largest absolute Gasteiger partial charge is 0.326 e. The van der Waals surface area contributed by atoms with E-state index in [9.17, 15) is 0 Å². The van der Waals surface area contributed by atoms with E-state index in [4.69, 9.17) is 16.5 Å². The normalized spacial score (nSPS) is 10.6. The van der Waals surface area contributed by atoms with Gasteiger partial charge in [0.1, 0.15) is 0 Å². The highest BCUT2D eigenvalue weighted by molar-refractivity contribution is 5.67. The van der Waals surface area contributed by atoms with Crippen LogP contribution in [0, 0.1) is 0 Å². The molecule has 0 bridgehead atoms. The summed E-state index contributed by atoms with van der Waals surface area (Å²) >= 11 is 0. The van der Waals surface area contributed by atoms with Crippen molar-refractivity contribution in [1.82, 2.24) is 9.97 Å². The summed E-state index contributed by atoms with van der Waals surface area (Å²) in [5.41, 5.74) is 16.4. The molecule has 4 nitrogen and oxygen atoms in total. The van der Waals surface area contributed by atoms with Gasteiger partial charge in [0.25, 0.3) is 0 Å². The number of hydrogen-bond acceptors (Lipinski definition) is 4. The molecule has 3 rings (SSSR count). The smallest absolute Gasteiger partial charge is 0.160 e. The van der Waals surface area contributed by atoms with E-state index in [0.717, 1.165) is 28.1 Å². The molecule has 4 heteroatoms. The molecule has 2 aromatic carbocycles. The zero-order chi connectivity index (χ0) is 15.4. The van der Waals surface area contributed by atoms with Crippen molar-refractivity contribution >= 4 is 0 Å². The molecule has 0 radical (unpaired) electrons. The number of benzene rings is 2. The maximum Gasteiger partial charge on any atom is 0.160 e. The molecule has 0 aliphatic carbocycles. The average molecular weight is 290 g/mol. The third-order valence-corrected chi connectivity index (χ3v) is 3.57. The van der Waals surface area contributed by atoms with Gasteiger partial charge in [-0.1, -0.05) is 60.7 Å². The van der Waals surface area contributed by atoms with Crippen molar-refractivity contribution < 1.29 is 0 Å². The highest BCUT2D eigenvalue weighted by Gasteiger charge is 2.14. The minimum atomic E-state index is 0.342. The van der Waals surface area contributed by atoms with Crippen LogP contribution < -0.4 is 11.5 Å². The topological polar surface area (TPSA) is 77.8 Å². The van der Waals surface area contributed by atoms with Crippen LogP contribution in [0.1, 0.15) is 11.3 Å². The van der Waals surface area contributed by atoms with E-state index in [1.807, 2.05) is 60.7 Å². The van der Waals surface area contributed by atoms with Gasteiger partial charge in [-0.25, -0.2) is 9.97 Å². The highest BCUT2D eigenvalue weighted by atomic mass is 14.9. The second-order valence-corrected chi connectivity index (χ2v) is 4.96. The maximum absolute atomic E-state index is 5.92. The number of aromatic nitrogens is 2. The summed E-state index contributed by atoms with van der Waals surface area (Å²) in [5.74, 6) is 0.678. The third kappa shape index (κ3) is 2.74.